The van der Waals surface area contributed by atoms with Gasteiger partial charge in [0, 0.05) is 16.6 Å². The second-order valence-corrected chi connectivity index (χ2v) is 4.57. The number of fused-ring (bicyclic) bond motifs is 1. The number of nitroso groups, excluding NO2 is 1. The van der Waals surface area contributed by atoms with Crippen molar-refractivity contribution in [3.63, 3.8) is 0 Å². The van der Waals surface area contributed by atoms with Gasteiger partial charge in [-0.3, -0.25) is 4.40 Å². The van der Waals surface area contributed by atoms with Gasteiger partial charge in [0.15, 0.2) is 4.96 Å². The number of imidazole rings is 1. The minimum absolute atomic E-state index is 0.380. The first kappa shape index (κ1) is 10.2. The summed E-state index contributed by atoms with van der Waals surface area (Å²) in [6.07, 6.45) is 0. The lowest BCUT2D eigenvalue weighted by atomic mass is 10.1. The summed E-state index contributed by atoms with van der Waals surface area (Å²) in [7, 11) is 0. The fraction of sp³-hybridized carbons (Fsp3) is 0.0833. The first-order valence-corrected chi connectivity index (χ1v) is 6.04. The van der Waals surface area contributed by atoms with Crippen LogP contribution in [0.2, 0.25) is 0 Å². The third-order valence-electron chi connectivity index (χ3n) is 2.64. The van der Waals surface area contributed by atoms with E-state index in [0.717, 1.165) is 16.2 Å². The van der Waals surface area contributed by atoms with Gasteiger partial charge in [-0.1, -0.05) is 30.3 Å². The molecule has 0 N–H and O–H groups in total. The van der Waals surface area contributed by atoms with Crippen LogP contribution in [0, 0.1) is 11.8 Å². The molecule has 0 unspecified atom stereocenters. The first-order chi connectivity index (χ1) is 8.31. The van der Waals surface area contributed by atoms with Crippen LogP contribution in [0.5, 0.6) is 0 Å². The van der Waals surface area contributed by atoms with Gasteiger partial charge in [0.2, 0.25) is 5.82 Å². The molecule has 0 radical (unpaired) electrons. The van der Waals surface area contributed by atoms with Crippen LogP contribution in [0.15, 0.2) is 40.9 Å². The minimum atomic E-state index is 0.380. The molecule has 2 aromatic heterocycles. The third kappa shape index (κ3) is 1.47. The topological polar surface area (TPSA) is 46.7 Å². The molecule has 0 aliphatic carbocycles. The van der Waals surface area contributed by atoms with E-state index in [1.807, 2.05) is 42.6 Å². The first-order valence-electron chi connectivity index (χ1n) is 5.16. The molecule has 0 aliphatic heterocycles. The Kier molecular flexibility index (Phi) is 2.26. The normalized spacial score (nSPS) is 10.9. The maximum Gasteiger partial charge on any atom is 0.210 e. The Morgan fingerprint density at radius 1 is 1.29 bits per heavy atom. The number of thiazole rings is 1. The van der Waals surface area contributed by atoms with E-state index in [0.29, 0.717) is 11.5 Å². The van der Waals surface area contributed by atoms with Crippen molar-refractivity contribution in [1.82, 2.24) is 9.38 Å². The Hall–Kier alpha value is -2.01. The number of aryl methyl sites for hydroxylation is 1. The fourth-order valence-electron chi connectivity index (χ4n) is 1.85. The summed E-state index contributed by atoms with van der Waals surface area (Å²) in [5, 5.41) is 5.09. The summed E-state index contributed by atoms with van der Waals surface area (Å²) in [6, 6.07) is 9.63. The van der Waals surface area contributed by atoms with E-state index < -0.39 is 0 Å². The standard InChI is InChI=1S/C12H9N3OS/c1-8-7-17-12-13-10(11(14-16)15(8)12)9-5-3-2-4-6-9/h2-7H,1H3. The van der Waals surface area contributed by atoms with Gasteiger partial charge in [-0.05, 0) is 12.1 Å². The number of rotatable bonds is 2. The maximum absolute atomic E-state index is 11.0. The Morgan fingerprint density at radius 2 is 2.06 bits per heavy atom. The van der Waals surface area contributed by atoms with Crippen LogP contribution in [0.1, 0.15) is 5.69 Å². The number of aromatic nitrogens is 2. The Bertz CT molecular complexity index is 684. The molecule has 4 nitrogen and oxygen atoms in total. The van der Waals surface area contributed by atoms with Crippen LogP contribution < -0.4 is 0 Å². The van der Waals surface area contributed by atoms with Crippen molar-refractivity contribution in [3.8, 4) is 11.3 Å². The molecule has 5 heteroatoms. The van der Waals surface area contributed by atoms with Crippen molar-refractivity contribution in [2.75, 3.05) is 0 Å². The van der Waals surface area contributed by atoms with E-state index in [4.69, 9.17) is 0 Å². The molecule has 1 aromatic carbocycles. The van der Waals surface area contributed by atoms with E-state index in [-0.39, 0.29) is 0 Å². The van der Waals surface area contributed by atoms with Gasteiger partial charge < -0.3 is 0 Å². The fourth-order valence-corrected chi connectivity index (χ4v) is 2.71. The smallest absolute Gasteiger partial charge is 0.210 e. The molecule has 0 bridgehead atoms. The van der Waals surface area contributed by atoms with E-state index in [1.165, 1.54) is 11.3 Å². The lowest BCUT2D eigenvalue weighted by Gasteiger charge is -1.97. The molecular formula is C12H9N3OS. The molecule has 3 rings (SSSR count). The van der Waals surface area contributed by atoms with E-state index in [2.05, 4.69) is 10.2 Å². The predicted molar refractivity (Wildman–Crippen MR) is 68.7 cm³/mol. The lowest BCUT2D eigenvalue weighted by molar-refractivity contribution is 1.11. The molecule has 0 saturated heterocycles. The molecule has 0 spiro atoms. The van der Waals surface area contributed by atoms with Crippen molar-refractivity contribution in [1.29, 1.82) is 0 Å². The van der Waals surface area contributed by atoms with Gasteiger partial charge in [-0.15, -0.1) is 16.2 Å². The van der Waals surface area contributed by atoms with Gasteiger partial charge in [-0.25, -0.2) is 4.98 Å². The Labute approximate surface area is 102 Å². The van der Waals surface area contributed by atoms with Crippen LogP contribution in [0.3, 0.4) is 0 Å². The lowest BCUT2D eigenvalue weighted by Crippen LogP contribution is -1.82. The molecule has 3 aromatic rings. The number of nitrogens with zero attached hydrogens (tertiary/aromatic N) is 3. The highest BCUT2D eigenvalue weighted by molar-refractivity contribution is 7.15. The van der Waals surface area contributed by atoms with E-state index in [9.17, 15) is 4.91 Å². The summed E-state index contributed by atoms with van der Waals surface area (Å²) in [4.78, 5) is 16.3. The van der Waals surface area contributed by atoms with Crippen molar-refractivity contribution in [2.45, 2.75) is 6.92 Å². The average molecular weight is 243 g/mol. The third-order valence-corrected chi connectivity index (χ3v) is 3.59. The van der Waals surface area contributed by atoms with Crippen LogP contribution >= 0.6 is 11.3 Å². The maximum atomic E-state index is 11.0. The van der Waals surface area contributed by atoms with Gasteiger partial charge in [0.05, 0.1) is 0 Å². The molecule has 0 atom stereocenters. The number of benzene rings is 1. The number of hydrogen-bond acceptors (Lipinski definition) is 4. The molecule has 2 heterocycles. The van der Waals surface area contributed by atoms with Crippen LogP contribution in [0.4, 0.5) is 5.82 Å². The van der Waals surface area contributed by atoms with Gasteiger partial charge in [0.1, 0.15) is 5.69 Å². The summed E-state index contributed by atoms with van der Waals surface area (Å²) in [5.74, 6) is 0.380. The monoisotopic (exact) mass is 243 g/mol. The van der Waals surface area contributed by atoms with Gasteiger partial charge in [0.25, 0.3) is 0 Å². The molecule has 0 amide bonds. The molecule has 0 saturated carbocycles. The van der Waals surface area contributed by atoms with Gasteiger partial charge in [-0.2, -0.15) is 0 Å². The summed E-state index contributed by atoms with van der Waals surface area (Å²) in [5.41, 5.74) is 2.54. The zero-order valence-electron chi connectivity index (χ0n) is 9.12. The van der Waals surface area contributed by atoms with Crippen LogP contribution in [-0.4, -0.2) is 9.38 Å². The molecule has 84 valence electrons. The minimum Gasteiger partial charge on any atom is -0.269 e. The second-order valence-electron chi connectivity index (χ2n) is 3.74. The van der Waals surface area contributed by atoms with Crippen molar-refractivity contribution in [2.24, 2.45) is 5.18 Å². The van der Waals surface area contributed by atoms with Crippen LogP contribution in [-0.2, 0) is 0 Å². The highest BCUT2D eigenvalue weighted by atomic mass is 32.1. The zero-order valence-corrected chi connectivity index (χ0v) is 9.94. The summed E-state index contributed by atoms with van der Waals surface area (Å²) in [6.45, 7) is 1.94. The highest BCUT2D eigenvalue weighted by Gasteiger charge is 2.16. The van der Waals surface area contributed by atoms with E-state index >= 15 is 0 Å². The SMILES string of the molecule is Cc1csc2nc(-c3ccccc3)c(N=O)n12. The quantitative estimate of drug-likeness (QED) is 0.643. The molecule has 17 heavy (non-hydrogen) atoms. The largest absolute Gasteiger partial charge is 0.269 e. The van der Waals surface area contributed by atoms with Crippen molar-refractivity contribution in [3.05, 3.63) is 46.3 Å². The zero-order chi connectivity index (χ0) is 11.8. The second kappa shape index (κ2) is 3.78. The summed E-state index contributed by atoms with van der Waals surface area (Å²) < 4.78 is 1.79. The average Bonchev–Trinajstić information content (AvgIpc) is 2.91. The van der Waals surface area contributed by atoms with Gasteiger partial charge >= 0.3 is 0 Å². The Morgan fingerprint density at radius 3 is 2.76 bits per heavy atom. The van der Waals surface area contributed by atoms with Crippen molar-refractivity contribution < 1.29 is 0 Å². The summed E-state index contributed by atoms with van der Waals surface area (Å²) >= 11 is 1.51. The molecule has 0 fully saturated rings. The molecule has 0 aliphatic rings. The Balaban J connectivity index is 2.34. The highest BCUT2D eigenvalue weighted by Crippen LogP contribution is 2.33. The van der Waals surface area contributed by atoms with Crippen molar-refractivity contribution >= 4 is 22.1 Å². The molecular weight excluding hydrogens is 234 g/mol. The predicted octanol–water partition coefficient (Wildman–Crippen LogP) is 3.77. The van der Waals surface area contributed by atoms with Crippen LogP contribution in [0.25, 0.3) is 16.2 Å². The van der Waals surface area contributed by atoms with E-state index in [1.54, 1.807) is 4.40 Å². The number of hydrogen-bond donors (Lipinski definition) is 0.